The molecule has 3 rings (SSSR count). The normalized spacial score (nSPS) is 17.1. The van der Waals surface area contributed by atoms with E-state index in [1.165, 1.54) is 5.56 Å². The van der Waals surface area contributed by atoms with E-state index in [1.54, 1.807) is 7.11 Å². The molecule has 1 saturated heterocycles. The highest BCUT2D eigenvalue weighted by Crippen LogP contribution is 2.35. The third-order valence-corrected chi connectivity index (χ3v) is 5.47. The number of carbonyl (C=O) groups excluding carboxylic acids is 1. The number of benzene rings is 2. The number of rotatable bonds is 6. The van der Waals surface area contributed by atoms with Gasteiger partial charge in [0.1, 0.15) is 11.8 Å². The minimum Gasteiger partial charge on any atom is -0.497 e. The van der Waals surface area contributed by atoms with Crippen LogP contribution in [0.5, 0.6) is 5.75 Å². The first kappa shape index (κ1) is 19.4. The Hall–Kier alpha value is -2.37. The molecule has 1 aliphatic heterocycles. The Morgan fingerprint density at radius 1 is 1.15 bits per heavy atom. The van der Waals surface area contributed by atoms with Crippen LogP contribution in [0.1, 0.15) is 35.6 Å². The number of hydrogen-bond acceptors (Lipinski definition) is 4. The molecule has 0 saturated carbocycles. The van der Waals surface area contributed by atoms with E-state index in [-0.39, 0.29) is 11.3 Å². The van der Waals surface area contributed by atoms with E-state index >= 15 is 0 Å². The highest BCUT2D eigenvalue weighted by atomic mass is 16.5. The van der Waals surface area contributed by atoms with E-state index in [0.29, 0.717) is 19.8 Å². The molecule has 144 valence electrons. The number of ether oxygens (including phenoxy) is 2. The van der Waals surface area contributed by atoms with Gasteiger partial charge in [0, 0.05) is 25.2 Å². The minimum atomic E-state index is -0.668. The largest absolute Gasteiger partial charge is 0.497 e. The lowest BCUT2D eigenvalue weighted by atomic mass is 9.74. The maximum absolute atomic E-state index is 12.7. The number of carbonyl (C=O) groups is 1. The van der Waals surface area contributed by atoms with Crippen molar-refractivity contribution in [2.24, 2.45) is 5.73 Å². The molecule has 0 spiro atoms. The predicted molar refractivity (Wildman–Crippen MR) is 106 cm³/mol. The molecular weight excluding hydrogens is 340 g/mol. The lowest BCUT2D eigenvalue weighted by Crippen LogP contribution is -2.46. The van der Waals surface area contributed by atoms with E-state index in [4.69, 9.17) is 15.2 Å². The molecule has 0 aliphatic carbocycles. The minimum absolute atomic E-state index is 0.146. The lowest BCUT2D eigenvalue weighted by Gasteiger charge is -2.38. The summed E-state index contributed by atoms with van der Waals surface area (Å²) in [6, 6.07) is 15.2. The van der Waals surface area contributed by atoms with Gasteiger partial charge in [-0.2, -0.15) is 0 Å². The van der Waals surface area contributed by atoms with Crippen molar-refractivity contribution in [3.8, 4) is 5.75 Å². The highest BCUT2D eigenvalue weighted by Gasteiger charge is 2.35. The van der Waals surface area contributed by atoms with Gasteiger partial charge in [-0.3, -0.25) is 4.79 Å². The number of nitrogens with one attached hydrogen (secondary N) is 1. The molecule has 1 heterocycles. The fourth-order valence-electron chi connectivity index (χ4n) is 3.57. The summed E-state index contributed by atoms with van der Waals surface area (Å²) in [5, 5.41) is 3.08. The summed E-state index contributed by atoms with van der Waals surface area (Å²) in [4.78, 5) is 12.7. The van der Waals surface area contributed by atoms with Gasteiger partial charge in [0.25, 0.3) is 0 Å². The van der Waals surface area contributed by atoms with E-state index in [2.05, 4.69) is 17.4 Å². The molecule has 2 aromatic rings. The quantitative estimate of drug-likeness (QED) is 0.822. The van der Waals surface area contributed by atoms with E-state index in [1.807, 2.05) is 43.3 Å². The van der Waals surface area contributed by atoms with Crippen LogP contribution in [0.15, 0.2) is 48.5 Å². The van der Waals surface area contributed by atoms with Crippen LogP contribution in [0, 0.1) is 6.92 Å². The van der Waals surface area contributed by atoms with Gasteiger partial charge in [0.05, 0.1) is 7.11 Å². The topological polar surface area (TPSA) is 73.6 Å². The van der Waals surface area contributed by atoms with Crippen LogP contribution < -0.4 is 15.8 Å². The number of hydrogen-bond donors (Lipinski definition) is 2. The van der Waals surface area contributed by atoms with Crippen LogP contribution in [-0.4, -0.2) is 32.8 Å². The first-order valence-corrected chi connectivity index (χ1v) is 9.36. The van der Waals surface area contributed by atoms with Crippen molar-refractivity contribution < 1.29 is 14.3 Å². The number of aryl methyl sites for hydroxylation is 1. The summed E-state index contributed by atoms with van der Waals surface area (Å²) in [5.74, 6) is 0.671. The molecule has 2 aromatic carbocycles. The fourth-order valence-corrected chi connectivity index (χ4v) is 3.57. The summed E-state index contributed by atoms with van der Waals surface area (Å²) < 4.78 is 10.8. The fraction of sp³-hybridized carbons (Fsp3) is 0.409. The summed E-state index contributed by atoms with van der Waals surface area (Å²) >= 11 is 0. The number of amides is 1. The first-order valence-electron chi connectivity index (χ1n) is 9.36. The summed E-state index contributed by atoms with van der Waals surface area (Å²) in [6.45, 7) is 3.93. The molecule has 5 nitrogen and oxygen atoms in total. The molecule has 1 amide bonds. The molecule has 0 aromatic heterocycles. The highest BCUT2D eigenvalue weighted by molar-refractivity contribution is 5.83. The Kier molecular flexibility index (Phi) is 6.14. The maximum Gasteiger partial charge on any atom is 0.241 e. The second-order valence-corrected chi connectivity index (χ2v) is 7.23. The maximum atomic E-state index is 12.7. The zero-order valence-electron chi connectivity index (χ0n) is 16.0. The first-order chi connectivity index (χ1) is 13.0. The van der Waals surface area contributed by atoms with Crippen LogP contribution in [0.25, 0.3) is 0 Å². The SMILES string of the molecule is COc1ccc(C2(CNC(=O)C(N)c3ccc(C)cc3)CCOCC2)cc1. The Bertz CT molecular complexity index is 750. The van der Waals surface area contributed by atoms with Crippen molar-refractivity contribution in [3.63, 3.8) is 0 Å². The molecule has 3 N–H and O–H groups in total. The summed E-state index contributed by atoms with van der Waals surface area (Å²) in [7, 11) is 1.66. The van der Waals surface area contributed by atoms with Crippen molar-refractivity contribution in [2.75, 3.05) is 26.9 Å². The van der Waals surface area contributed by atoms with E-state index in [9.17, 15) is 4.79 Å². The lowest BCUT2D eigenvalue weighted by molar-refractivity contribution is -0.123. The van der Waals surface area contributed by atoms with Gasteiger partial charge in [-0.25, -0.2) is 0 Å². The predicted octanol–water partition coefficient (Wildman–Crippen LogP) is 2.87. The number of methoxy groups -OCH3 is 1. The van der Waals surface area contributed by atoms with Crippen LogP contribution in [0.4, 0.5) is 0 Å². The van der Waals surface area contributed by atoms with Gasteiger partial charge in [-0.05, 0) is 43.0 Å². The second-order valence-electron chi connectivity index (χ2n) is 7.23. The monoisotopic (exact) mass is 368 g/mol. The molecule has 1 aliphatic rings. The summed E-state index contributed by atoms with van der Waals surface area (Å²) in [5.41, 5.74) is 9.18. The van der Waals surface area contributed by atoms with Crippen molar-refractivity contribution in [1.29, 1.82) is 0 Å². The van der Waals surface area contributed by atoms with Gasteiger partial charge in [-0.1, -0.05) is 42.0 Å². The van der Waals surface area contributed by atoms with Crippen LogP contribution in [0.3, 0.4) is 0 Å². The van der Waals surface area contributed by atoms with E-state index < -0.39 is 6.04 Å². The molecular formula is C22H28N2O3. The third kappa shape index (κ3) is 4.49. The standard InChI is InChI=1S/C22H28N2O3/c1-16-3-5-17(6-4-16)20(23)21(25)24-15-22(11-13-27-14-12-22)18-7-9-19(26-2)10-8-18/h3-10,20H,11-15,23H2,1-2H3,(H,24,25). The molecule has 1 unspecified atom stereocenters. The van der Waals surface area contributed by atoms with Gasteiger partial charge in [-0.15, -0.1) is 0 Å². The zero-order chi connectivity index (χ0) is 19.3. The van der Waals surface area contributed by atoms with Crippen molar-refractivity contribution in [2.45, 2.75) is 31.2 Å². The molecule has 0 bridgehead atoms. The summed E-state index contributed by atoms with van der Waals surface area (Å²) in [6.07, 6.45) is 1.72. The zero-order valence-corrected chi connectivity index (χ0v) is 16.0. The average Bonchev–Trinajstić information content (AvgIpc) is 2.73. The number of nitrogens with two attached hydrogens (primary N) is 1. The van der Waals surface area contributed by atoms with E-state index in [0.717, 1.165) is 29.7 Å². The molecule has 1 fully saturated rings. The average molecular weight is 368 g/mol. The molecule has 27 heavy (non-hydrogen) atoms. The van der Waals surface area contributed by atoms with Crippen molar-refractivity contribution in [3.05, 3.63) is 65.2 Å². The Labute approximate surface area is 160 Å². The van der Waals surface area contributed by atoms with Crippen molar-refractivity contribution >= 4 is 5.91 Å². The van der Waals surface area contributed by atoms with Crippen LogP contribution in [-0.2, 0) is 14.9 Å². The van der Waals surface area contributed by atoms with Crippen molar-refractivity contribution in [1.82, 2.24) is 5.32 Å². The van der Waals surface area contributed by atoms with Gasteiger partial charge >= 0.3 is 0 Å². The smallest absolute Gasteiger partial charge is 0.241 e. The van der Waals surface area contributed by atoms with Gasteiger partial charge < -0.3 is 20.5 Å². The third-order valence-electron chi connectivity index (χ3n) is 5.47. The molecule has 1 atom stereocenters. The van der Waals surface area contributed by atoms with Crippen LogP contribution in [0.2, 0.25) is 0 Å². The Morgan fingerprint density at radius 3 is 2.37 bits per heavy atom. The molecule has 0 radical (unpaired) electrons. The van der Waals surface area contributed by atoms with Gasteiger partial charge in [0.15, 0.2) is 0 Å². The second kappa shape index (κ2) is 8.55. The van der Waals surface area contributed by atoms with Crippen LogP contribution >= 0.6 is 0 Å². The van der Waals surface area contributed by atoms with Gasteiger partial charge in [0.2, 0.25) is 5.91 Å². The Morgan fingerprint density at radius 2 is 1.78 bits per heavy atom. The Balaban J connectivity index is 1.72. The molecule has 5 heteroatoms.